The van der Waals surface area contributed by atoms with Crippen LogP contribution in [-0.2, 0) is 6.42 Å². The van der Waals surface area contributed by atoms with Gasteiger partial charge in [0.05, 0.1) is 0 Å². The fraction of sp³-hybridized carbons (Fsp3) is 0.368. The SMILES string of the molecule is Cc1cc(NC(C)c2ccc(CC(C)C)cc2)ccc1Br. The first-order valence-corrected chi connectivity index (χ1v) is 8.36. The monoisotopic (exact) mass is 345 g/mol. The average Bonchev–Trinajstić information content (AvgIpc) is 2.43. The zero-order valence-corrected chi connectivity index (χ0v) is 14.9. The lowest BCUT2D eigenvalue weighted by molar-refractivity contribution is 0.647. The first kappa shape index (κ1) is 16.1. The number of nitrogens with one attached hydrogen (secondary N) is 1. The van der Waals surface area contributed by atoms with Gasteiger partial charge in [-0.15, -0.1) is 0 Å². The van der Waals surface area contributed by atoms with E-state index in [1.54, 1.807) is 0 Å². The molecule has 0 aliphatic heterocycles. The Balaban J connectivity index is 2.05. The van der Waals surface area contributed by atoms with Crippen molar-refractivity contribution < 1.29 is 0 Å². The lowest BCUT2D eigenvalue weighted by Crippen LogP contribution is -2.07. The quantitative estimate of drug-likeness (QED) is 0.687. The normalized spacial score (nSPS) is 12.5. The molecule has 1 N–H and O–H groups in total. The third-order valence-corrected chi connectivity index (χ3v) is 4.55. The molecule has 0 aliphatic rings. The molecular formula is C19H24BrN. The van der Waals surface area contributed by atoms with E-state index in [4.69, 9.17) is 0 Å². The van der Waals surface area contributed by atoms with Crippen molar-refractivity contribution in [3.8, 4) is 0 Å². The van der Waals surface area contributed by atoms with Crippen molar-refractivity contribution in [1.29, 1.82) is 0 Å². The van der Waals surface area contributed by atoms with Crippen LogP contribution in [0.25, 0.3) is 0 Å². The lowest BCUT2D eigenvalue weighted by Gasteiger charge is -2.17. The standard InChI is InChI=1S/C19H24BrN/c1-13(2)11-16-5-7-17(8-6-16)15(4)21-18-9-10-19(20)14(3)12-18/h5-10,12-13,15,21H,11H2,1-4H3. The highest BCUT2D eigenvalue weighted by Gasteiger charge is 2.06. The number of hydrogen-bond donors (Lipinski definition) is 1. The largest absolute Gasteiger partial charge is 0.379 e. The van der Waals surface area contributed by atoms with Crippen LogP contribution in [0.3, 0.4) is 0 Å². The highest BCUT2D eigenvalue weighted by atomic mass is 79.9. The summed E-state index contributed by atoms with van der Waals surface area (Å²) in [7, 11) is 0. The second-order valence-corrected chi connectivity index (χ2v) is 7.02. The number of rotatable bonds is 5. The fourth-order valence-electron chi connectivity index (χ4n) is 2.48. The van der Waals surface area contributed by atoms with Crippen molar-refractivity contribution in [3.63, 3.8) is 0 Å². The van der Waals surface area contributed by atoms with Crippen LogP contribution in [0, 0.1) is 12.8 Å². The van der Waals surface area contributed by atoms with Crippen molar-refractivity contribution in [3.05, 3.63) is 63.6 Å². The van der Waals surface area contributed by atoms with E-state index in [9.17, 15) is 0 Å². The molecule has 0 radical (unpaired) electrons. The van der Waals surface area contributed by atoms with Crippen LogP contribution in [0.2, 0.25) is 0 Å². The summed E-state index contributed by atoms with van der Waals surface area (Å²) in [4.78, 5) is 0. The van der Waals surface area contributed by atoms with Gasteiger partial charge in [0.15, 0.2) is 0 Å². The summed E-state index contributed by atoms with van der Waals surface area (Å²) in [6, 6.07) is 15.7. The Labute approximate surface area is 136 Å². The molecule has 0 amide bonds. The van der Waals surface area contributed by atoms with E-state index in [2.05, 4.69) is 91.4 Å². The van der Waals surface area contributed by atoms with Crippen LogP contribution in [0.1, 0.15) is 43.5 Å². The smallest absolute Gasteiger partial charge is 0.0485 e. The zero-order valence-electron chi connectivity index (χ0n) is 13.3. The predicted molar refractivity (Wildman–Crippen MR) is 95.9 cm³/mol. The topological polar surface area (TPSA) is 12.0 Å². The van der Waals surface area contributed by atoms with Gasteiger partial charge in [-0.05, 0) is 61.1 Å². The molecule has 0 spiro atoms. The summed E-state index contributed by atoms with van der Waals surface area (Å²) in [5.41, 5.74) is 5.15. The Hall–Kier alpha value is -1.28. The number of benzene rings is 2. The molecule has 0 heterocycles. The summed E-state index contributed by atoms with van der Waals surface area (Å²) in [6.07, 6.45) is 1.15. The van der Waals surface area contributed by atoms with Gasteiger partial charge in [-0.25, -0.2) is 0 Å². The maximum Gasteiger partial charge on any atom is 0.0485 e. The average molecular weight is 346 g/mol. The summed E-state index contributed by atoms with van der Waals surface area (Å²) in [6.45, 7) is 8.83. The van der Waals surface area contributed by atoms with Crippen molar-refractivity contribution in [2.75, 3.05) is 5.32 Å². The predicted octanol–water partition coefficient (Wildman–Crippen LogP) is 6.13. The summed E-state index contributed by atoms with van der Waals surface area (Å²) < 4.78 is 1.15. The molecule has 2 rings (SSSR count). The second-order valence-electron chi connectivity index (χ2n) is 6.17. The van der Waals surface area contributed by atoms with Gasteiger partial charge in [-0.2, -0.15) is 0 Å². The molecule has 2 heteroatoms. The molecule has 0 aromatic heterocycles. The molecule has 2 aromatic rings. The number of anilines is 1. The summed E-state index contributed by atoms with van der Waals surface area (Å²) in [5.74, 6) is 0.706. The number of hydrogen-bond acceptors (Lipinski definition) is 1. The molecule has 1 nitrogen and oxygen atoms in total. The van der Waals surface area contributed by atoms with Crippen LogP contribution < -0.4 is 5.32 Å². The van der Waals surface area contributed by atoms with Gasteiger partial charge in [0.25, 0.3) is 0 Å². The molecule has 0 saturated carbocycles. The maximum atomic E-state index is 3.57. The van der Waals surface area contributed by atoms with E-state index >= 15 is 0 Å². The van der Waals surface area contributed by atoms with Gasteiger partial charge in [-0.3, -0.25) is 0 Å². The molecule has 2 aromatic carbocycles. The van der Waals surface area contributed by atoms with E-state index in [0.717, 1.165) is 16.6 Å². The van der Waals surface area contributed by atoms with Crippen LogP contribution in [0.4, 0.5) is 5.69 Å². The van der Waals surface area contributed by atoms with Crippen molar-refractivity contribution in [1.82, 2.24) is 0 Å². The maximum absolute atomic E-state index is 3.57. The minimum Gasteiger partial charge on any atom is -0.379 e. The van der Waals surface area contributed by atoms with Crippen molar-refractivity contribution >= 4 is 21.6 Å². The van der Waals surface area contributed by atoms with Crippen LogP contribution in [0.15, 0.2) is 46.9 Å². The van der Waals surface area contributed by atoms with E-state index in [-0.39, 0.29) is 0 Å². The Morgan fingerprint density at radius 2 is 1.67 bits per heavy atom. The van der Waals surface area contributed by atoms with Crippen molar-refractivity contribution in [2.24, 2.45) is 5.92 Å². The third-order valence-electron chi connectivity index (χ3n) is 3.66. The molecule has 0 fully saturated rings. The van der Waals surface area contributed by atoms with E-state index in [1.165, 1.54) is 16.7 Å². The zero-order chi connectivity index (χ0) is 15.4. The molecule has 0 bridgehead atoms. The van der Waals surface area contributed by atoms with E-state index < -0.39 is 0 Å². The van der Waals surface area contributed by atoms with Gasteiger partial charge in [0.2, 0.25) is 0 Å². The highest BCUT2D eigenvalue weighted by molar-refractivity contribution is 9.10. The fourth-order valence-corrected chi connectivity index (χ4v) is 2.73. The molecular weight excluding hydrogens is 322 g/mol. The molecule has 0 saturated heterocycles. The molecule has 1 atom stereocenters. The first-order chi connectivity index (χ1) is 9.95. The van der Waals surface area contributed by atoms with E-state index in [1.807, 2.05) is 0 Å². The van der Waals surface area contributed by atoms with Gasteiger partial charge >= 0.3 is 0 Å². The van der Waals surface area contributed by atoms with E-state index in [0.29, 0.717) is 12.0 Å². The number of halogens is 1. The van der Waals surface area contributed by atoms with Gasteiger partial charge in [-0.1, -0.05) is 54.0 Å². The molecule has 0 aliphatic carbocycles. The Morgan fingerprint density at radius 1 is 1.00 bits per heavy atom. The summed E-state index contributed by atoms with van der Waals surface area (Å²) in [5, 5.41) is 3.57. The minimum absolute atomic E-state index is 0.304. The van der Waals surface area contributed by atoms with Crippen LogP contribution in [0.5, 0.6) is 0 Å². The Bertz CT molecular complexity index is 587. The van der Waals surface area contributed by atoms with Crippen molar-refractivity contribution in [2.45, 2.75) is 40.2 Å². The van der Waals surface area contributed by atoms with Gasteiger partial charge < -0.3 is 5.32 Å². The van der Waals surface area contributed by atoms with Gasteiger partial charge in [0.1, 0.15) is 0 Å². The molecule has 112 valence electrons. The third kappa shape index (κ3) is 4.60. The van der Waals surface area contributed by atoms with Crippen LogP contribution in [-0.4, -0.2) is 0 Å². The lowest BCUT2D eigenvalue weighted by atomic mass is 10.00. The minimum atomic E-state index is 0.304. The first-order valence-electron chi connectivity index (χ1n) is 7.57. The highest BCUT2D eigenvalue weighted by Crippen LogP contribution is 2.24. The second kappa shape index (κ2) is 7.13. The Morgan fingerprint density at radius 3 is 2.24 bits per heavy atom. The van der Waals surface area contributed by atoms with Crippen LogP contribution >= 0.6 is 15.9 Å². The Kier molecular flexibility index (Phi) is 5.46. The molecule has 1 unspecified atom stereocenters. The number of aryl methyl sites for hydroxylation is 1. The van der Waals surface area contributed by atoms with Gasteiger partial charge in [0, 0.05) is 16.2 Å². The molecule has 21 heavy (non-hydrogen) atoms. The summed E-state index contributed by atoms with van der Waals surface area (Å²) >= 11 is 3.54.